The van der Waals surface area contributed by atoms with Gasteiger partial charge in [0, 0.05) is 0 Å². The van der Waals surface area contributed by atoms with Crippen molar-refractivity contribution in [2.75, 3.05) is 0 Å². The van der Waals surface area contributed by atoms with E-state index in [1.165, 1.54) is 0 Å². The lowest BCUT2D eigenvalue weighted by Gasteiger charge is -2.19. The predicted molar refractivity (Wildman–Crippen MR) is 102 cm³/mol. The highest BCUT2D eigenvalue weighted by atomic mass is 35.5. The molecule has 1 heterocycles. The molecule has 0 radical (unpaired) electrons. The van der Waals surface area contributed by atoms with Gasteiger partial charge in [-0.15, -0.1) is 4.90 Å². The highest BCUT2D eigenvalue weighted by Crippen LogP contribution is 2.28. The number of hydrogen-bond acceptors (Lipinski definition) is 3. The van der Waals surface area contributed by atoms with E-state index in [1.807, 2.05) is 0 Å². The van der Waals surface area contributed by atoms with Crippen LogP contribution in [0.1, 0.15) is 26.3 Å². The van der Waals surface area contributed by atoms with Crippen molar-refractivity contribution >= 4 is 34.9 Å². The first-order valence-corrected chi connectivity index (χ1v) is 8.59. The van der Waals surface area contributed by atoms with Crippen LogP contribution in [0.15, 0.2) is 78.9 Å². The van der Waals surface area contributed by atoms with Gasteiger partial charge in [0.2, 0.25) is 0 Å². The van der Waals surface area contributed by atoms with Gasteiger partial charge in [-0.2, -0.15) is 0 Å². The van der Waals surface area contributed by atoms with Gasteiger partial charge in [0.15, 0.2) is 0 Å². The number of carbonyl (C=O) groups is 2. The maximum Gasteiger partial charge on any atom is 0.349 e. The number of fused-ring (bicyclic) bond motifs is 1. The number of para-hydroxylation sites is 1. The Hall–Kier alpha value is -3.44. The number of hydrogen-bond donors (Lipinski definition) is 0. The summed E-state index contributed by atoms with van der Waals surface area (Å²) in [5.74, 6) is -1.23. The molecule has 0 saturated carbocycles. The highest BCUT2D eigenvalue weighted by molar-refractivity contribution is 6.37. The van der Waals surface area contributed by atoms with Gasteiger partial charge in [-0.25, -0.2) is 14.3 Å². The van der Waals surface area contributed by atoms with E-state index >= 15 is 0 Å². The van der Waals surface area contributed by atoms with Crippen molar-refractivity contribution < 1.29 is 14.3 Å². The molecule has 0 aliphatic carbocycles. The van der Waals surface area contributed by atoms with Crippen molar-refractivity contribution in [3.05, 3.63) is 106 Å². The van der Waals surface area contributed by atoms with E-state index in [0.29, 0.717) is 10.3 Å². The van der Waals surface area contributed by atoms with Gasteiger partial charge in [-0.3, -0.25) is 0 Å². The summed E-state index contributed by atoms with van der Waals surface area (Å²) in [5.41, 5.74) is 1.10. The van der Waals surface area contributed by atoms with Crippen LogP contribution in [-0.2, 0) is 0 Å². The molecule has 0 unspecified atom stereocenters. The normalized spacial score (nSPS) is 14.2. The van der Waals surface area contributed by atoms with Crippen molar-refractivity contribution in [1.29, 1.82) is 0 Å². The molecule has 0 saturated heterocycles. The maximum atomic E-state index is 13.2. The van der Waals surface area contributed by atoms with Crippen molar-refractivity contribution in [3.63, 3.8) is 0 Å². The number of amides is 2. The average molecular weight is 377 g/mol. The van der Waals surface area contributed by atoms with Crippen LogP contribution in [0.5, 0.6) is 0 Å². The molecule has 0 fully saturated rings. The molecule has 0 N–H and O–H groups in total. The SMILES string of the molecule is O=C1c2ccccc2C(=O)N1/C(c1ccccc1Cl)=[N+](\[O-])c1ccccc1. The van der Waals surface area contributed by atoms with E-state index in [1.54, 1.807) is 78.9 Å². The molecule has 0 atom stereocenters. The third kappa shape index (κ3) is 2.78. The van der Waals surface area contributed by atoms with Gasteiger partial charge in [0.05, 0.1) is 21.7 Å². The summed E-state index contributed by atoms with van der Waals surface area (Å²) >= 11 is 6.30. The Morgan fingerprint density at radius 2 is 1.30 bits per heavy atom. The van der Waals surface area contributed by atoms with Crippen molar-refractivity contribution in [3.8, 4) is 0 Å². The minimum Gasteiger partial charge on any atom is -0.710 e. The van der Waals surface area contributed by atoms with Crippen LogP contribution in [0.4, 0.5) is 5.69 Å². The van der Waals surface area contributed by atoms with Crippen LogP contribution in [0.2, 0.25) is 5.02 Å². The number of carbonyl (C=O) groups excluding carboxylic acids is 2. The van der Waals surface area contributed by atoms with Crippen LogP contribution in [0.3, 0.4) is 0 Å². The van der Waals surface area contributed by atoms with E-state index in [0.717, 1.165) is 4.90 Å². The molecule has 0 bridgehead atoms. The predicted octanol–water partition coefficient (Wildman–Crippen LogP) is 4.22. The van der Waals surface area contributed by atoms with Gasteiger partial charge < -0.3 is 5.21 Å². The van der Waals surface area contributed by atoms with E-state index in [4.69, 9.17) is 11.6 Å². The molecule has 4 rings (SSSR count). The van der Waals surface area contributed by atoms with Crippen molar-refractivity contribution in [2.45, 2.75) is 0 Å². The fraction of sp³-hybridized carbons (Fsp3) is 0. The molecule has 1 aliphatic heterocycles. The van der Waals surface area contributed by atoms with Gasteiger partial charge in [-0.1, -0.05) is 54.1 Å². The van der Waals surface area contributed by atoms with Crippen LogP contribution in [0.25, 0.3) is 0 Å². The lowest BCUT2D eigenvalue weighted by molar-refractivity contribution is -0.365. The zero-order valence-corrected chi connectivity index (χ0v) is 14.8. The van der Waals surface area contributed by atoms with E-state index in [2.05, 4.69) is 0 Å². The Morgan fingerprint density at radius 3 is 1.89 bits per heavy atom. The molecular weight excluding hydrogens is 364 g/mol. The van der Waals surface area contributed by atoms with Crippen molar-refractivity contribution in [2.24, 2.45) is 0 Å². The lowest BCUT2D eigenvalue weighted by atomic mass is 10.1. The minimum atomic E-state index is -0.553. The number of amidine groups is 1. The highest BCUT2D eigenvalue weighted by Gasteiger charge is 2.47. The third-order valence-electron chi connectivity index (χ3n) is 4.30. The molecule has 3 aromatic rings. The zero-order valence-electron chi connectivity index (χ0n) is 14.0. The first kappa shape index (κ1) is 17.0. The Bertz CT molecular complexity index is 1060. The molecular formula is C21H13ClN2O3. The topological polar surface area (TPSA) is 63.5 Å². The number of nitrogens with zero attached hydrogens (tertiary/aromatic N) is 2. The quantitative estimate of drug-likeness (QED) is 0.168. The minimum absolute atomic E-state index is 0.127. The summed E-state index contributed by atoms with van der Waals surface area (Å²) < 4.78 is 0.558. The number of rotatable bonds is 2. The number of halogens is 1. The first-order valence-electron chi connectivity index (χ1n) is 8.21. The molecule has 0 aromatic heterocycles. The molecule has 132 valence electrons. The van der Waals surface area contributed by atoms with Crippen LogP contribution >= 0.6 is 11.6 Å². The largest absolute Gasteiger partial charge is 0.710 e. The molecule has 3 aromatic carbocycles. The molecule has 1 aliphatic rings. The van der Waals surface area contributed by atoms with E-state index < -0.39 is 11.8 Å². The van der Waals surface area contributed by atoms with E-state index in [9.17, 15) is 14.8 Å². The average Bonchev–Trinajstić information content (AvgIpc) is 2.96. The monoisotopic (exact) mass is 376 g/mol. The van der Waals surface area contributed by atoms with Gasteiger partial charge in [0.25, 0.3) is 0 Å². The summed E-state index contributed by atoms with van der Waals surface area (Å²) in [7, 11) is 0. The van der Waals surface area contributed by atoms with E-state index in [-0.39, 0.29) is 27.7 Å². The third-order valence-corrected chi connectivity index (χ3v) is 4.63. The van der Waals surface area contributed by atoms with Gasteiger partial charge in [-0.05, 0) is 36.4 Å². The smallest absolute Gasteiger partial charge is 0.349 e. The fourth-order valence-corrected chi connectivity index (χ4v) is 3.25. The fourth-order valence-electron chi connectivity index (χ4n) is 3.03. The van der Waals surface area contributed by atoms with Crippen LogP contribution in [-0.4, -0.2) is 27.3 Å². The van der Waals surface area contributed by atoms with Gasteiger partial charge >= 0.3 is 17.6 Å². The van der Waals surface area contributed by atoms with Crippen LogP contribution in [0, 0.1) is 5.21 Å². The molecule has 5 nitrogen and oxygen atoms in total. The second-order valence-electron chi connectivity index (χ2n) is 5.92. The van der Waals surface area contributed by atoms with Crippen molar-refractivity contribution in [1.82, 2.24) is 4.90 Å². The first-order chi connectivity index (χ1) is 13.1. The standard InChI is InChI=1S/C21H13ClN2O3/c22-18-13-7-6-12-17(18)19(24(27)14-8-2-1-3-9-14)23-20(25)15-10-4-5-11-16(15)21(23)26/h1-13H/b24-19-. The molecule has 27 heavy (non-hydrogen) atoms. The summed E-state index contributed by atoms with van der Waals surface area (Å²) in [5, 5.41) is 13.5. The molecule has 0 spiro atoms. The Balaban J connectivity index is 1.97. The zero-order chi connectivity index (χ0) is 19.0. The number of benzene rings is 3. The Morgan fingerprint density at radius 1 is 0.778 bits per heavy atom. The van der Waals surface area contributed by atoms with Gasteiger partial charge in [0.1, 0.15) is 5.69 Å². The molecule has 2 amide bonds. The lowest BCUT2D eigenvalue weighted by Crippen LogP contribution is -2.40. The summed E-state index contributed by atoms with van der Waals surface area (Å²) in [6.07, 6.45) is 0. The summed E-state index contributed by atoms with van der Waals surface area (Å²) in [4.78, 5) is 26.8. The Kier molecular flexibility index (Phi) is 4.22. The number of imide groups is 1. The second kappa shape index (κ2) is 6.70. The summed E-state index contributed by atoms with van der Waals surface area (Å²) in [6, 6.07) is 21.5. The summed E-state index contributed by atoms with van der Waals surface area (Å²) in [6.45, 7) is 0. The second-order valence-corrected chi connectivity index (χ2v) is 6.33. The van der Waals surface area contributed by atoms with Crippen LogP contribution < -0.4 is 0 Å². The Labute approximate surface area is 160 Å². The molecule has 6 heteroatoms. The maximum absolute atomic E-state index is 13.2.